The topological polar surface area (TPSA) is 86.8 Å². The molecule has 40 heavy (non-hydrogen) atoms. The Morgan fingerprint density at radius 3 is 2.00 bits per heavy atom. The number of hydrogen-bond acceptors (Lipinski definition) is 4. The molecule has 0 radical (unpaired) electrons. The van der Waals surface area contributed by atoms with Gasteiger partial charge in [0.25, 0.3) is 10.0 Å². The lowest BCUT2D eigenvalue weighted by Crippen LogP contribution is -2.53. The first kappa shape index (κ1) is 30.9. The highest BCUT2D eigenvalue weighted by molar-refractivity contribution is 7.92. The molecule has 0 fully saturated rings. The van der Waals surface area contributed by atoms with Crippen molar-refractivity contribution in [3.05, 3.63) is 96.1 Å². The number of carbonyl (C=O) groups excluding carboxylic acids is 2. The van der Waals surface area contributed by atoms with Crippen molar-refractivity contribution in [1.29, 1.82) is 0 Å². The lowest BCUT2D eigenvalue weighted by Gasteiger charge is -2.33. The van der Waals surface area contributed by atoms with Crippen LogP contribution in [0.3, 0.4) is 0 Å². The molecule has 0 aliphatic rings. The number of sulfonamides is 1. The third-order valence-electron chi connectivity index (χ3n) is 6.88. The molecule has 1 atom stereocenters. The summed E-state index contributed by atoms with van der Waals surface area (Å²) in [4.78, 5) is 28.8. The number of anilines is 1. The maximum absolute atomic E-state index is 14.0. The van der Waals surface area contributed by atoms with Gasteiger partial charge in [0.2, 0.25) is 11.8 Å². The molecule has 0 bridgehead atoms. The molecule has 0 heterocycles. The molecule has 8 heteroatoms. The molecule has 0 aliphatic carbocycles. The summed E-state index contributed by atoms with van der Waals surface area (Å²) in [7, 11) is -4.06. The van der Waals surface area contributed by atoms with Gasteiger partial charge in [-0.2, -0.15) is 0 Å². The Bertz CT molecular complexity index is 1330. The van der Waals surface area contributed by atoms with Gasteiger partial charge in [-0.05, 0) is 60.6 Å². The van der Waals surface area contributed by atoms with Gasteiger partial charge in [-0.25, -0.2) is 8.42 Å². The van der Waals surface area contributed by atoms with Crippen molar-refractivity contribution >= 4 is 27.5 Å². The van der Waals surface area contributed by atoms with Crippen molar-refractivity contribution in [1.82, 2.24) is 10.2 Å². The van der Waals surface area contributed by atoms with E-state index in [4.69, 9.17) is 0 Å². The van der Waals surface area contributed by atoms with E-state index in [0.29, 0.717) is 25.1 Å². The summed E-state index contributed by atoms with van der Waals surface area (Å²) in [6.45, 7) is 8.33. The summed E-state index contributed by atoms with van der Waals surface area (Å²) in [5, 5.41) is 2.91. The predicted molar refractivity (Wildman–Crippen MR) is 161 cm³/mol. The van der Waals surface area contributed by atoms with E-state index >= 15 is 0 Å². The van der Waals surface area contributed by atoms with Crippen LogP contribution in [0.15, 0.2) is 89.8 Å². The molecule has 0 saturated heterocycles. The molecule has 1 N–H and O–H groups in total. The molecule has 7 nitrogen and oxygen atoms in total. The zero-order chi connectivity index (χ0) is 29.1. The van der Waals surface area contributed by atoms with E-state index in [-0.39, 0.29) is 23.3 Å². The van der Waals surface area contributed by atoms with Crippen LogP contribution in [-0.2, 0) is 26.0 Å². The first-order valence-electron chi connectivity index (χ1n) is 14.0. The monoisotopic (exact) mass is 563 g/mol. The highest BCUT2D eigenvalue weighted by Gasteiger charge is 2.33. The Labute approximate surface area is 239 Å². The average molecular weight is 564 g/mol. The van der Waals surface area contributed by atoms with Crippen LogP contribution in [0.4, 0.5) is 5.69 Å². The Morgan fingerprint density at radius 2 is 1.45 bits per heavy atom. The minimum atomic E-state index is -4.06. The minimum Gasteiger partial charge on any atom is -0.354 e. The number of hydrogen-bond donors (Lipinski definition) is 1. The molecule has 3 rings (SSSR count). The van der Waals surface area contributed by atoms with Gasteiger partial charge in [-0.3, -0.25) is 13.9 Å². The lowest BCUT2D eigenvalue weighted by atomic mass is 10.0. The molecule has 0 aliphatic heterocycles. The second-order valence-electron chi connectivity index (χ2n) is 10.1. The predicted octanol–water partition coefficient (Wildman–Crippen LogP) is 5.38. The normalized spacial score (nSPS) is 12.1. The molecule has 1 unspecified atom stereocenters. The number of rotatable bonds is 14. The van der Waals surface area contributed by atoms with Crippen LogP contribution in [-0.4, -0.2) is 50.8 Å². The second-order valence-corrected chi connectivity index (χ2v) is 12.0. The fourth-order valence-electron chi connectivity index (χ4n) is 4.54. The molecule has 3 aromatic rings. The Kier molecular flexibility index (Phi) is 11.3. The van der Waals surface area contributed by atoms with E-state index < -0.39 is 28.5 Å². The third kappa shape index (κ3) is 7.94. The van der Waals surface area contributed by atoms with Crippen molar-refractivity contribution in [2.45, 2.75) is 63.8 Å². The van der Waals surface area contributed by atoms with Gasteiger partial charge in [-0.15, -0.1) is 0 Å². The molecule has 214 valence electrons. The maximum Gasteiger partial charge on any atom is 0.264 e. The first-order chi connectivity index (χ1) is 19.2. The zero-order valence-corrected chi connectivity index (χ0v) is 24.7. The summed E-state index contributed by atoms with van der Waals surface area (Å²) < 4.78 is 28.9. The SMILES string of the molecule is CCCNC(=O)C(CC)N(CCc1ccccc1)C(=O)CN(c1ccc(C(C)C)cc1)S(=O)(=O)c1ccccc1. The Balaban J connectivity index is 2.00. The van der Waals surface area contributed by atoms with Crippen LogP contribution in [0.1, 0.15) is 57.6 Å². The number of nitrogens with zero attached hydrogens (tertiary/aromatic N) is 2. The van der Waals surface area contributed by atoms with Crippen molar-refractivity contribution in [2.24, 2.45) is 0 Å². The Morgan fingerprint density at radius 1 is 0.850 bits per heavy atom. The smallest absolute Gasteiger partial charge is 0.264 e. The highest BCUT2D eigenvalue weighted by atomic mass is 32.2. The van der Waals surface area contributed by atoms with Crippen LogP contribution in [0.2, 0.25) is 0 Å². The average Bonchev–Trinajstić information content (AvgIpc) is 2.97. The maximum atomic E-state index is 14.0. The van der Waals surface area contributed by atoms with Crippen molar-refractivity contribution in [3.63, 3.8) is 0 Å². The van der Waals surface area contributed by atoms with Gasteiger partial charge in [0, 0.05) is 13.1 Å². The van der Waals surface area contributed by atoms with E-state index in [1.807, 2.05) is 56.3 Å². The standard InChI is InChI=1S/C32H41N3O4S/c1-5-22-33-32(37)30(6-2)34(23-21-26-13-9-7-10-14-26)31(36)24-35(28-19-17-27(18-20-28)25(3)4)40(38,39)29-15-11-8-12-16-29/h7-20,25,30H,5-6,21-24H2,1-4H3,(H,33,37). The fourth-order valence-corrected chi connectivity index (χ4v) is 5.97. The largest absolute Gasteiger partial charge is 0.354 e. The van der Waals surface area contributed by atoms with Gasteiger partial charge in [0.1, 0.15) is 12.6 Å². The molecule has 0 saturated carbocycles. The molecule has 2 amide bonds. The van der Waals surface area contributed by atoms with Crippen molar-refractivity contribution in [2.75, 3.05) is 23.9 Å². The van der Waals surface area contributed by atoms with E-state index in [1.165, 1.54) is 17.0 Å². The van der Waals surface area contributed by atoms with Gasteiger partial charge in [-0.1, -0.05) is 88.4 Å². The highest BCUT2D eigenvalue weighted by Crippen LogP contribution is 2.26. The number of benzene rings is 3. The van der Waals surface area contributed by atoms with E-state index in [9.17, 15) is 18.0 Å². The first-order valence-corrected chi connectivity index (χ1v) is 15.4. The molecular weight excluding hydrogens is 522 g/mol. The summed E-state index contributed by atoms with van der Waals surface area (Å²) in [6, 6.07) is 24.4. The number of amides is 2. The van der Waals surface area contributed by atoms with Crippen LogP contribution in [0.5, 0.6) is 0 Å². The van der Waals surface area contributed by atoms with Crippen molar-refractivity contribution in [3.8, 4) is 0 Å². The molecular formula is C32H41N3O4S. The molecule has 0 spiro atoms. The quantitative estimate of drug-likeness (QED) is 0.285. The van der Waals surface area contributed by atoms with Gasteiger partial charge < -0.3 is 10.2 Å². The zero-order valence-electron chi connectivity index (χ0n) is 23.9. The van der Waals surface area contributed by atoms with Crippen molar-refractivity contribution < 1.29 is 18.0 Å². The fraction of sp³-hybridized carbons (Fsp3) is 0.375. The number of carbonyl (C=O) groups is 2. The van der Waals surface area contributed by atoms with Crippen LogP contribution in [0.25, 0.3) is 0 Å². The second kappa shape index (κ2) is 14.7. The molecule has 0 aromatic heterocycles. The van der Waals surface area contributed by atoms with E-state index in [2.05, 4.69) is 19.2 Å². The van der Waals surface area contributed by atoms with E-state index in [0.717, 1.165) is 21.9 Å². The Hall–Kier alpha value is -3.65. The van der Waals surface area contributed by atoms with Gasteiger partial charge >= 0.3 is 0 Å². The van der Waals surface area contributed by atoms with Gasteiger partial charge in [0.05, 0.1) is 10.6 Å². The van der Waals surface area contributed by atoms with Crippen LogP contribution >= 0.6 is 0 Å². The summed E-state index contributed by atoms with van der Waals surface area (Å²) in [6.07, 6.45) is 1.72. The summed E-state index contributed by atoms with van der Waals surface area (Å²) in [5.41, 5.74) is 2.49. The summed E-state index contributed by atoms with van der Waals surface area (Å²) >= 11 is 0. The van der Waals surface area contributed by atoms with Gasteiger partial charge in [0.15, 0.2) is 0 Å². The van der Waals surface area contributed by atoms with E-state index in [1.54, 1.807) is 30.3 Å². The third-order valence-corrected chi connectivity index (χ3v) is 8.67. The number of nitrogens with one attached hydrogen (secondary N) is 1. The van der Waals surface area contributed by atoms with Crippen LogP contribution < -0.4 is 9.62 Å². The molecule has 3 aromatic carbocycles. The minimum absolute atomic E-state index is 0.0966. The summed E-state index contributed by atoms with van der Waals surface area (Å²) in [5.74, 6) is -0.387. The lowest BCUT2D eigenvalue weighted by molar-refractivity contribution is -0.139. The van der Waals surface area contributed by atoms with Crippen LogP contribution in [0, 0.1) is 0 Å².